The van der Waals surface area contributed by atoms with Gasteiger partial charge in [0.1, 0.15) is 11.5 Å². The van der Waals surface area contributed by atoms with E-state index in [2.05, 4.69) is 0 Å². The lowest BCUT2D eigenvalue weighted by Crippen LogP contribution is -1.79. The molecule has 0 aliphatic heterocycles. The van der Waals surface area contributed by atoms with E-state index in [1.54, 1.807) is 31.4 Å². The Labute approximate surface area is 82.7 Å². The zero-order valence-corrected chi connectivity index (χ0v) is 6.39. The maximum Gasteiger partial charge on any atom is 0.187 e. The Bertz CT molecular complexity index is 205. The molecule has 1 aromatic carbocycles. The van der Waals surface area contributed by atoms with Gasteiger partial charge >= 0.3 is 0 Å². The monoisotopic (exact) mass is 190 g/mol. The standard InChI is InChI=1S/C7H8O2.Al.ClH.3H/c1-9-7-4-2-3-6(8)5-7;;;;;/h2-5,8H,1H3;;1H;;;. The van der Waals surface area contributed by atoms with Crippen molar-refractivity contribution in [3.63, 3.8) is 0 Å². The van der Waals surface area contributed by atoms with Crippen molar-refractivity contribution in [3.8, 4) is 11.5 Å². The second kappa shape index (κ2) is 6.36. The Morgan fingerprint density at radius 1 is 1.36 bits per heavy atom. The zero-order chi connectivity index (χ0) is 6.69. The number of benzene rings is 1. The topological polar surface area (TPSA) is 29.5 Å². The molecule has 0 heterocycles. The van der Waals surface area contributed by atoms with E-state index in [0.717, 1.165) is 0 Å². The Morgan fingerprint density at radius 3 is 2.36 bits per heavy atom. The van der Waals surface area contributed by atoms with E-state index >= 15 is 0 Å². The van der Waals surface area contributed by atoms with Crippen molar-refractivity contribution < 1.29 is 9.84 Å². The summed E-state index contributed by atoms with van der Waals surface area (Å²) in [6.07, 6.45) is 0. The first-order valence-electron chi connectivity index (χ1n) is 2.66. The molecule has 1 N–H and O–H groups in total. The highest BCUT2D eigenvalue weighted by Gasteiger charge is 1.88. The molecule has 0 aromatic heterocycles. The molecule has 0 saturated carbocycles. The predicted octanol–water partition coefficient (Wildman–Crippen LogP) is 0.639. The summed E-state index contributed by atoms with van der Waals surface area (Å²) in [5.41, 5.74) is 0. The molecule has 0 aliphatic rings. The molecule has 0 unspecified atom stereocenters. The van der Waals surface area contributed by atoms with Crippen LogP contribution in [0.4, 0.5) is 0 Å². The quantitative estimate of drug-likeness (QED) is 0.659. The second-order valence-electron chi connectivity index (χ2n) is 1.70. The van der Waals surface area contributed by atoms with E-state index < -0.39 is 0 Å². The van der Waals surface area contributed by atoms with E-state index in [-0.39, 0.29) is 35.5 Å². The van der Waals surface area contributed by atoms with Crippen molar-refractivity contribution in [1.29, 1.82) is 0 Å². The predicted molar refractivity (Wildman–Crippen MR) is 51.8 cm³/mol. The third-order valence-corrected chi connectivity index (χ3v) is 1.05. The number of aromatic hydroxyl groups is 1. The molecule has 0 atom stereocenters. The van der Waals surface area contributed by atoms with Gasteiger partial charge in [-0.15, -0.1) is 12.4 Å². The van der Waals surface area contributed by atoms with Crippen LogP contribution >= 0.6 is 12.4 Å². The lowest BCUT2D eigenvalue weighted by Gasteiger charge is -1.97. The van der Waals surface area contributed by atoms with Gasteiger partial charge < -0.3 is 9.84 Å². The van der Waals surface area contributed by atoms with Crippen LogP contribution in [0, 0.1) is 0 Å². The number of rotatable bonds is 1. The molecule has 1 rings (SSSR count). The van der Waals surface area contributed by atoms with Gasteiger partial charge in [-0.2, -0.15) is 0 Å². The Balaban J connectivity index is 0. The molecule has 1 aromatic rings. The molecule has 0 radical (unpaired) electrons. The van der Waals surface area contributed by atoms with Gasteiger partial charge in [0.05, 0.1) is 7.11 Å². The van der Waals surface area contributed by atoms with E-state index in [0.29, 0.717) is 5.75 Å². The van der Waals surface area contributed by atoms with Crippen LogP contribution in [0.15, 0.2) is 24.3 Å². The van der Waals surface area contributed by atoms with Crippen LogP contribution in [0.5, 0.6) is 11.5 Å². The van der Waals surface area contributed by atoms with Gasteiger partial charge in [-0.3, -0.25) is 0 Å². The molecule has 11 heavy (non-hydrogen) atoms. The normalized spacial score (nSPS) is 7.36. The van der Waals surface area contributed by atoms with E-state index in [1.165, 1.54) is 0 Å². The Hall–Kier alpha value is -0.358. The Kier molecular flexibility index (Phi) is 7.66. The second-order valence-corrected chi connectivity index (χ2v) is 1.70. The third kappa shape index (κ3) is 4.15. The minimum Gasteiger partial charge on any atom is -0.508 e. The number of phenolic OH excluding ortho intramolecular Hbond substituents is 1. The maximum atomic E-state index is 8.86. The molecule has 62 valence electrons. The van der Waals surface area contributed by atoms with Crippen LogP contribution in [-0.2, 0) is 0 Å². The highest BCUT2D eigenvalue weighted by atomic mass is 35.5. The van der Waals surface area contributed by atoms with Crippen molar-refractivity contribution in [1.82, 2.24) is 0 Å². The summed E-state index contributed by atoms with van der Waals surface area (Å²) in [5, 5.41) is 8.86. The summed E-state index contributed by atoms with van der Waals surface area (Å²) in [4.78, 5) is 0. The highest BCUT2D eigenvalue weighted by Crippen LogP contribution is 2.16. The third-order valence-electron chi connectivity index (χ3n) is 1.05. The zero-order valence-electron chi connectivity index (χ0n) is 5.57. The molecule has 0 amide bonds. The summed E-state index contributed by atoms with van der Waals surface area (Å²) >= 11 is 0. The molecule has 0 fully saturated rings. The van der Waals surface area contributed by atoms with Gasteiger partial charge in [-0.05, 0) is 12.1 Å². The molecular weight excluding hydrogens is 179 g/mol. The molecule has 0 spiro atoms. The average Bonchev–Trinajstić information content (AvgIpc) is 1.88. The first-order chi connectivity index (χ1) is 4.33. The van der Waals surface area contributed by atoms with Gasteiger partial charge in [0, 0.05) is 6.07 Å². The molecule has 0 aliphatic carbocycles. The van der Waals surface area contributed by atoms with Gasteiger partial charge in [-0.25, -0.2) is 0 Å². The minimum atomic E-state index is 0. The fraction of sp³-hybridized carbons (Fsp3) is 0.143. The van der Waals surface area contributed by atoms with Crippen molar-refractivity contribution in [3.05, 3.63) is 24.3 Å². The fourth-order valence-corrected chi connectivity index (χ4v) is 0.610. The number of ether oxygens (including phenoxy) is 1. The van der Waals surface area contributed by atoms with Gasteiger partial charge in [0.25, 0.3) is 0 Å². The van der Waals surface area contributed by atoms with Crippen LogP contribution in [0.1, 0.15) is 0 Å². The lowest BCUT2D eigenvalue weighted by molar-refractivity contribution is 0.407. The van der Waals surface area contributed by atoms with Gasteiger partial charge in [0.2, 0.25) is 0 Å². The summed E-state index contributed by atoms with van der Waals surface area (Å²) < 4.78 is 4.84. The molecule has 0 bridgehead atoms. The summed E-state index contributed by atoms with van der Waals surface area (Å²) in [6, 6.07) is 6.66. The van der Waals surface area contributed by atoms with E-state index in [1.807, 2.05) is 0 Å². The number of hydrogen-bond acceptors (Lipinski definition) is 2. The smallest absolute Gasteiger partial charge is 0.187 e. The lowest BCUT2D eigenvalue weighted by atomic mass is 10.3. The van der Waals surface area contributed by atoms with Crippen LogP contribution in [0.25, 0.3) is 0 Å². The van der Waals surface area contributed by atoms with E-state index in [9.17, 15) is 0 Å². The average molecular weight is 191 g/mol. The van der Waals surface area contributed by atoms with Crippen molar-refractivity contribution in [2.75, 3.05) is 7.11 Å². The van der Waals surface area contributed by atoms with E-state index in [4.69, 9.17) is 9.84 Å². The number of halogens is 1. The fourth-order valence-electron chi connectivity index (χ4n) is 0.610. The first kappa shape index (κ1) is 13.2. The number of methoxy groups -OCH3 is 1. The SMILES string of the molecule is COc1cccc(O)c1.Cl.[AlH3]. The summed E-state index contributed by atoms with van der Waals surface area (Å²) in [6.45, 7) is 0. The number of phenols is 1. The molecule has 0 saturated heterocycles. The van der Waals surface area contributed by atoms with Crippen LogP contribution in [-0.4, -0.2) is 29.6 Å². The van der Waals surface area contributed by atoms with Gasteiger partial charge in [-0.1, -0.05) is 6.07 Å². The molecule has 4 heteroatoms. The van der Waals surface area contributed by atoms with Crippen LogP contribution in [0.3, 0.4) is 0 Å². The van der Waals surface area contributed by atoms with Crippen LogP contribution in [0.2, 0.25) is 0 Å². The minimum absolute atomic E-state index is 0. The maximum absolute atomic E-state index is 8.86. The van der Waals surface area contributed by atoms with Crippen molar-refractivity contribution in [2.45, 2.75) is 0 Å². The number of hydrogen-bond donors (Lipinski definition) is 1. The summed E-state index contributed by atoms with van der Waals surface area (Å²) in [5.74, 6) is 0.907. The molecule has 2 nitrogen and oxygen atoms in total. The first-order valence-corrected chi connectivity index (χ1v) is 2.66. The summed E-state index contributed by atoms with van der Waals surface area (Å²) in [7, 11) is 1.56. The largest absolute Gasteiger partial charge is 0.508 e. The Morgan fingerprint density at radius 2 is 2.00 bits per heavy atom. The molecular formula is C7H12AlClO2. The van der Waals surface area contributed by atoms with Gasteiger partial charge in [0.15, 0.2) is 17.4 Å². The van der Waals surface area contributed by atoms with Crippen molar-refractivity contribution >= 4 is 29.8 Å². The van der Waals surface area contributed by atoms with Crippen LogP contribution < -0.4 is 4.74 Å². The highest BCUT2D eigenvalue weighted by molar-refractivity contribution is 5.85. The van der Waals surface area contributed by atoms with Crippen molar-refractivity contribution in [2.24, 2.45) is 0 Å².